The first kappa shape index (κ1) is 10.8. The zero-order valence-electron chi connectivity index (χ0n) is 9.81. The number of imidazole rings is 1. The summed E-state index contributed by atoms with van der Waals surface area (Å²) >= 11 is 3.49. The van der Waals surface area contributed by atoms with Gasteiger partial charge in [-0.15, -0.1) is 0 Å². The summed E-state index contributed by atoms with van der Waals surface area (Å²) in [5.41, 5.74) is 6.79. The lowest BCUT2D eigenvalue weighted by Gasteiger charge is -2.22. The van der Waals surface area contributed by atoms with Crippen LogP contribution in [0.4, 0.5) is 5.82 Å². The van der Waals surface area contributed by atoms with Crippen LogP contribution in [0.3, 0.4) is 0 Å². The molecule has 94 valence electrons. The number of nitrogen functional groups attached to an aromatic ring is 1. The summed E-state index contributed by atoms with van der Waals surface area (Å²) in [6.45, 7) is 0. The standard InChI is InChI=1S/C12H14BrN5/c13-10-9-11(14)15-3-4-18(9)12(17-10)8-6-1-2-7(5-6)16-8/h3-4,6-8,16H,1-2,5H2,(H2,14,15)/t6-,7+,8-/m0/s1. The van der Waals surface area contributed by atoms with Gasteiger partial charge in [0.2, 0.25) is 0 Å². The molecule has 6 heteroatoms. The second-order valence-electron chi connectivity index (χ2n) is 5.21. The van der Waals surface area contributed by atoms with Gasteiger partial charge in [-0.3, -0.25) is 4.40 Å². The normalized spacial score (nSPS) is 30.4. The van der Waals surface area contributed by atoms with Crippen LogP contribution in [0, 0.1) is 5.92 Å². The van der Waals surface area contributed by atoms with Gasteiger partial charge in [-0.2, -0.15) is 0 Å². The van der Waals surface area contributed by atoms with Crippen molar-refractivity contribution in [3.8, 4) is 0 Å². The molecule has 0 radical (unpaired) electrons. The van der Waals surface area contributed by atoms with Crippen LogP contribution in [0.15, 0.2) is 17.0 Å². The van der Waals surface area contributed by atoms with Crippen molar-refractivity contribution in [3.63, 3.8) is 0 Å². The Morgan fingerprint density at radius 2 is 2.33 bits per heavy atom. The third kappa shape index (κ3) is 1.36. The Hall–Kier alpha value is -1.14. The molecule has 3 N–H and O–H groups in total. The molecule has 3 heterocycles. The van der Waals surface area contributed by atoms with Crippen molar-refractivity contribution >= 4 is 27.3 Å². The van der Waals surface area contributed by atoms with Crippen molar-refractivity contribution in [3.05, 3.63) is 22.8 Å². The van der Waals surface area contributed by atoms with Crippen molar-refractivity contribution in [1.29, 1.82) is 0 Å². The van der Waals surface area contributed by atoms with Crippen LogP contribution in [0.1, 0.15) is 31.1 Å². The average Bonchev–Trinajstić information content (AvgIpc) is 3.03. The van der Waals surface area contributed by atoms with E-state index in [1.807, 2.05) is 6.20 Å². The van der Waals surface area contributed by atoms with Gasteiger partial charge in [0.05, 0.1) is 6.04 Å². The van der Waals surface area contributed by atoms with Gasteiger partial charge in [0, 0.05) is 18.4 Å². The van der Waals surface area contributed by atoms with E-state index in [9.17, 15) is 0 Å². The molecule has 1 saturated heterocycles. The molecule has 0 spiro atoms. The maximum atomic E-state index is 5.92. The third-order valence-corrected chi connectivity index (χ3v) is 4.76. The monoisotopic (exact) mass is 307 g/mol. The first-order valence-electron chi connectivity index (χ1n) is 6.28. The summed E-state index contributed by atoms with van der Waals surface area (Å²) in [5.74, 6) is 2.28. The molecule has 4 rings (SSSR count). The van der Waals surface area contributed by atoms with Crippen LogP contribution in [0.25, 0.3) is 5.52 Å². The SMILES string of the molecule is Nc1nccn2c([C@H]3N[C@@H]4CC[C@H]3C4)nc(Br)c12. The van der Waals surface area contributed by atoms with Crippen molar-refractivity contribution in [2.24, 2.45) is 5.92 Å². The fourth-order valence-corrected chi connectivity index (χ4v) is 3.98. The van der Waals surface area contributed by atoms with Crippen LogP contribution in [0.2, 0.25) is 0 Å². The van der Waals surface area contributed by atoms with Crippen LogP contribution in [0.5, 0.6) is 0 Å². The number of piperidine rings is 1. The number of anilines is 1. The molecule has 2 bridgehead atoms. The molecule has 0 aromatic carbocycles. The Morgan fingerprint density at radius 1 is 1.44 bits per heavy atom. The Kier molecular flexibility index (Phi) is 2.20. The van der Waals surface area contributed by atoms with Gasteiger partial charge < -0.3 is 11.1 Å². The van der Waals surface area contributed by atoms with E-state index in [0.717, 1.165) is 15.9 Å². The molecule has 2 aromatic heterocycles. The van der Waals surface area contributed by atoms with Crippen LogP contribution < -0.4 is 11.1 Å². The fourth-order valence-electron chi connectivity index (χ4n) is 3.41. The van der Waals surface area contributed by atoms with Crippen LogP contribution in [-0.4, -0.2) is 20.4 Å². The molecule has 2 aromatic rings. The molecule has 5 nitrogen and oxygen atoms in total. The highest BCUT2D eigenvalue weighted by Crippen LogP contribution is 2.43. The number of nitrogens with zero attached hydrogens (tertiary/aromatic N) is 3. The van der Waals surface area contributed by atoms with Gasteiger partial charge in [-0.05, 0) is 41.1 Å². The van der Waals surface area contributed by atoms with Crippen molar-refractivity contribution in [2.75, 3.05) is 5.73 Å². The van der Waals surface area contributed by atoms with E-state index >= 15 is 0 Å². The summed E-state index contributed by atoms with van der Waals surface area (Å²) in [6, 6.07) is 1.02. The topological polar surface area (TPSA) is 68.2 Å². The quantitative estimate of drug-likeness (QED) is 0.844. The fraction of sp³-hybridized carbons (Fsp3) is 0.500. The Balaban J connectivity index is 1.88. The predicted molar refractivity (Wildman–Crippen MR) is 72.1 cm³/mol. The lowest BCUT2D eigenvalue weighted by atomic mass is 9.99. The summed E-state index contributed by atoms with van der Waals surface area (Å²) in [7, 11) is 0. The van der Waals surface area contributed by atoms with Gasteiger partial charge in [-0.1, -0.05) is 0 Å². The first-order chi connectivity index (χ1) is 8.74. The Labute approximate surface area is 113 Å². The van der Waals surface area contributed by atoms with Gasteiger partial charge in [0.1, 0.15) is 15.9 Å². The van der Waals surface area contributed by atoms with E-state index in [2.05, 4.69) is 35.6 Å². The molecular formula is C12H14BrN5. The molecule has 3 atom stereocenters. The van der Waals surface area contributed by atoms with Crippen molar-refractivity contribution < 1.29 is 0 Å². The van der Waals surface area contributed by atoms with Crippen molar-refractivity contribution in [1.82, 2.24) is 19.7 Å². The third-order valence-electron chi connectivity index (χ3n) is 4.21. The molecule has 1 aliphatic carbocycles. The number of hydrogen-bond donors (Lipinski definition) is 2. The average molecular weight is 308 g/mol. The minimum absolute atomic E-state index is 0.351. The Morgan fingerprint density at radius 3 is 3.06 bits per heavy atom. The maximum absolute atomic E-state index is 5.92. The molecule has 1 saturated carbocycles. The summed E-state index contributed by atoms with van der Waals surface area (Å²) < 4.78 is 2.85. The highest BCUT2D eigenvalue weighted by Gasteiger charge is 2.41. The van der Waals surface area contributed by atoms with Gasteiger partial charge >= 0.3 is 0 Å². The number of nitrogens with two attached hydrogens (primary N) is 1. The zero-order chi connectivity index (χ0) is 12.3. The number of hydrogen-bond acceptors (Lipinski definition) is 4. The van der Waals surface area contributed by atoms with E-state index < -0.39 is 0 Å². The number of halogens is 1. The largest absolute Gasteiger partial charge is 0.382 e. The number of fused-ring (bicyclic) bond motifs is 3. The molecule has 0 amide bonds. The second-order valence-corrected chi connectivity index (χ2v) is 5.96. The minimum atomic E-state index is 0.351. The van der Waals surface area contributed by atoms with Gasteiger partial charge in [-0.25, -0.2) is 9.97 Å². The summed E-state index contributed by atoms with van der Waals surface area (Å²) in [4.78, 5) is 8.77. The molecular weight excluding hydrogens is 294 g/mol. The summed E-state index contributed by atoms with van der Waals surface area (Å²) in [6.07, 6.45) is 7.54. The summed E-state index contributed by atoms with van der Waals surface area (Å²) in [5, 5.41) is 3.67. The number of aromatic nitrogens is 3. The van der Waals surface area contributed by atoms with Gasteiger partial charge in [0.15, 0.2) is 5.82 Å². The Bertz CT molecular complexity index is 622. The van der Waals surface area contributed by atoms with E-state index in [0.29, 0.717) is 23.8 Å². The van der Waals surface area contributed by atoms with E-state index in [1.54, 1.807) is 6.20 Å². The highest BCUT2D eigenvalue weighted by molar-refractivity contribution is 9.10. The van der Waals surface area contributed by atoms with Crippen molar-refractivity contribution in [2.45, 2.75) is 31.3 Å². The zero-order valence-corrected chi connectivity index (χ0v) is 11.4. The van der Waals surface area contributed by atoms with E-state index in [-0.39, 0.29) is 0 Å². The highest BCUT2D eigenvalue weighted by atomic mass is 79.9. The number of rotatable bonds is 1. The second kappa shape index (κ2) is 3.68. The van der Waals surface area contributed by atoms with Gasteiger partial charge in [0.25, 0.3) is 0 Å². The molecule has 0 unspecified atom stereocenters. The van der Waals surface area contributed by atoms with E-state index in [4.69, 9.17) is 5.73 Å². The lowest BCUT2D eigenvalue weighted by Crippen LogP contribution is -2.30. The molecule has 2 fully saturated rings. The maximum Gasteiger partial charge on any atom is 0.150 e. The molecule has 1 aliphatic heterocycles. The van der Waals surface area contributed by atoms with Crippen LogP contribution >= 0.6 is 15.9 Å². The molecule has 2 aliphatic rings. The predicted octanol–water partition coefficient (Wildman–Crippen LogP) is 1.89. The molecule has 18 heavy (non-hydrogen) atoms. The van der Waals surface area contributed by atoms with Crippen LogP contribution in [-0.2, 0) is 0 Å². The minimum Gasteiger partial charge on any atom is -0.382 e. The number of nitrogens with one attached hydrogen (secondary N) is 1. The van der Waals surface area contributed by atoms with E-state index in [1.165, 1.54) is 19.3 Å². The smallest absolute Gasteiger partial charge is 0.150 e. The lowest BCUT2D eigenvalue weighted by molar-refractivity contribution is 0.376. The first-order valence-corrected chi connectivity index (χ1v) is 7.07.